The maximum Gasteiger partial charge on any atom is 0.494 e. The van der Waals surface area contributed by atoms with E-state index >= 15 is 0 Å². The number of benzene rings is 7. The Balaban J connectivity index is 1.25. The quantitative estimate of drug-likeness (QED) is 0.171. The summed E-state index contributed by atoms with van der Waals surface area (Å²) in [6.07, 6.45) is 0. The van der Waals surface area contributed by atoms with Gasteiger partial charge in [-0.15, -0.1) is 0 Å². The lowest BCUT2D eigenvalue weighted by atomic mass is 9.65. The molecule has 1 fully saturated rings. The molecule has 4 heteroatoms. The van der Waals surface area contributed by atoms with E-state index in [1.54, 1.807) is 0 Å². The molecule has 250 valence electrons. The molecule has 0 unspecified atom stereocenters. The summed E-state index contributed by atoms with van der Waals surface area (Å²) in [4.78, 5) is 0. The fraction of sp³-hybridized carbons (Fsp3) is 0.146. The fourth-order valence-corrected chi connectivity index (χ4v) is 8.37. The lowest BCUT2D eigenvalue weighted by molar-refractivity contribution is 0.00578. The molecule has 0 bridgehead atoms. The second-order valence-electron chi connectivity index (χ2n) is 15.0. The lowest BCUT2D eigenvalue weighted by Crippen LogP contribution is -2.41. The van der Waals surface area contributed by atoms with Gasteiger partial charge in [0.25, 0.3) is 0 Å². The van der Waals surface area contributed by atoms with E-state index in [1.165, 1.54) is 49.7 Å². The molecule has 2 aliphatic rings. The molecular weight excluding hydrogens is 633 g/mol. The summed E-state index contributed by atoms with van der Waals surface area (Å²) in [6, 6.07) is 58.9. The third kappa shape index (κ3) is 4.81. The third-order valence-electron chi connectivity index (χ3n) is 11.7. The average Bonchev–Trinajstić information content (AvgIpc) is 3.60. The van der Waals surface area contributed by atoms with E-state index in [2.05, 4.69) is 167 Å². The normalized spacial score (nSPS) is 16.3. The van der Waals surface area contributed by atoms with Gasteiger partial charge >= 0.3 is 7.12 Å². The van der Waals surface area contributed by atoms with E-state index < -0.39 is 23.7 Å². The Bertz CT molecular complexity index is 2500. The predicted molar refractivity (Wildman–Crippen MR) is 213 cm³/mol. The first-order chi connectivity index (χ1) is 25.2. The van der Waals surface area contributed by atoms with E-state index in [1.807, 2.05) is 24.3 Å². The van der Waals surface area contributed by atoms with Gasteiger partial charge in [0, 0.05) is 0 Å². The van der Waals surface area contributed by atoms with Gasteiger partial charge in [-0.1, -0.05) is 140 Å². The zero-order valence-corrected chi connectivity index (χ0v) is 29.9. The van der Waals surface area contributed by atoms with E-state index in [-0.39, 0.29) is 0 Å². The Kier molecular flexibility index (Phi) is 7.38. The highest BCUT2D eigenvalue weighted by Gasteiger charge is 2.52. The molecule has 9 rings (SSSR count). The SMILES string of the molecule is CC1(C)OB(c2cccc(C3(c4cccc(-c5ccc(-c6ccc(C#N)cc6)c6ccccc56)c4)c4ccccc4-c4ccccc43)c2)OC1(C)C. The van der Waals surface area contributed by atoms with Crippen molar-refractivity contribution in [2.75, 3.05) is 0 Å². The summed E-state index contributed by atoms with van der Waals surface area (Å²) in [5.41, 5.74) is 12.2. The number of hydrogen-bond acceptors (Lipinski definition) is 3. The summed E-state index contributed by atoms with van der Waals surface area (Å²) >= 11 is 0. The molecule has 0 aromatic heterocycles. The summed E-state index contributed by atoms with van der Waals surface area (Å²) in [6.45, 7) is 8.42. The number of rotatable bonds is 5. The predicted octanol–water partition coefficient (Wildman–Crippen LogP) is 10.7. The smallest absolute Gasteiger partial charge is 0.399 e. The summed E-state index contributed by atoms with van der Waals surface area (Å²) < 4.78 is 13.2. The minimum atomic E-state index is -0.582. The van der Waals surface area contributed by atoms with E-state index in [9.17, 15) is 5.26 Å². The monoisotopic (exact) mass is 671 g/mol. The van der Waals surface area contributed by atoms with Gasteiger partial charge in [0.05, 0.1) is 28.2 Å². The van der Waals surface area contributed by atoms with Crippen molar-refractivity contribution < 1.29 is 9.31 Å². The zero-order valence-electron chi connectivity index (χ0n) is 29.9. The molecule has 0 amide bonds. The van der Waals surface area contributed by atoms with Gasteiger partial charge in [0.15, 0.2) is 0 Å². The van der Waals surface area contributed by atoms with Crippen LogP contribution in [0.4, 0.5) is 0 Å². The van der Waals surface area contributed by atoms with Crippen LogP contribution in [0.15, 0.2) is 158 Å². The number of nitriles is 1. The van der Waals surface area contributed by atoms with Gasteiger partial charge in [-0.05, 0) is 118 Å². The minimum Gasteiger partial charge on any atom is -0.399 e. The molecule has 0 radical (unpaired) electrons. The first-order valence-corrected chi connectivity index (χ1v) is 18.0. The van der Waals surface area contributed by atoms with Crippen LogP contribution in [0.3, 0.4) is 0 Å². The number of hydrogen-bond donors (Lipinski definition) is 0. The van der Waals surface area contributed by atoms with Crippen molar-refractivity contribution in [3.05, 3.63) is 186 Å². The Hall–Kier alpha value is -5.73. The molecule has 1 aliphatic heterocycles. The molecule has 0 atom stereocenters. The van der Waals surface area contributed by atoms with Crippen LogP contribution in [0.25, 0.3) is 44.2 Å². The molecule has 3 nitrogen and oxygen atoms in total. The van der Waals surface area contributed by atoms with Gasteiger partial charge in [0.2, 0.25) is 0 Å². The Morgan fingerprint density at radius 1 is 0.481 bits per heavy atom. The van der Waals surface area contributed by atoms with Crippen LogP contribution in [0.1, 0.15) is 55.5 Å². The second kappa shape index (κ2) is 11.9. The maximum atomic E-state index is 9.37. The van der Waals surface area contributed by atoms with Crippen LogP contribution < -0.4 is 5.46 Å². The highest BCUT2D eigenvalue weighted by molar-refractivity contribution is 6.62. The van der Waals surface area contributed by atoms with E-state index in [0.29, 0.717) is 5.56 Å². The highest BCUT2D eigenvalue weighted by Crippen LogP contribution is 2.56. The van der Waals surface area contributed by atoms with Crippen molar-refractivity contribution >= 4 is 23.4 Å². The Morgan fingerprint density at radius 2 is 1.00 bits per heavy atom. The second-order valence-corrected chi connectivity index (χ2v) is 15.0. The highest BCUT2D eigenvalue weighted by atomic mass is 16.7. The van der Waals surface area contributed by atoms with Crippen LogP contribution in [0.5, 0.6) is 0 Å². The summed E-state index contributed by atoms with van der Waals surface area (Å²) in [7, 11) is -0.471. The molecule has 0 N–H and O–H groups in total. The molecule has 0 spiro atoms. The van der Waals surface area contributed by atoms with Gasteiger partial charge < -0.3 is 9.31 Å². The van der Waals surface area contributed by atoms with Crippen molar-refractivity contribution in [3.8, 4) is 39.4 Å². The minimum absolute atomic E-state index is 0.440. The van der Waals surface area contributed by atoms with Crippen molar-refractivity contribution in [1.29, 1.82) is 5.26 Å². The molecule has 7 aromatic rings. The third-order valence-corrected chi connectivity index (χ3v) is 11.7. The molecule has 1 heterocycles. The van der Waals surface area contributed by atoms with Crippen molar-refractivity contribution in [2.45, 2.75) is 44.3 Å². The first-order valence-electron chi connectivity index (χ1n) is 18.0. The largest absolute Gasteiger partial charge is 0.494 e. The standard InChI is InChI=1S/C48H38BNO2/c1-46(2)47(3,4)52-49(51-46)37-16-12-15-36(30-37)48(44-21-9-7-19-42(44)43-20-8-10-22-45(43)48)35-14-11-13-34(29-35)39-28-27-38(40-17-5-6-18-41(39)40)33-25-23-32(31-50)24-26-33/h5-30H,1-4H3. The van der Waals surface area contributed by atoms with Crippen molar-refractivity contribution in [2.24, 2.45) is 0 Å². The molecule has 52 heavy (non-hydrogen) atoms. The van der Waals surface area contributed by atoms with E-state index in [0.717, 1.165) is 22.2 Å². The molecule has 1 saturated heterocycles. The van der Waals surface area contributed by atoms with Gasteiger partial charge in [-0.25, -0.2) is 0 Å². The zero-order chi connectivity index (χ0) is 35.7. The first kappa shape index (κ1) is 32.2. The Morgan fingerprint density at radius 3 is 1.60 bits per heavy atom. The maximum absolute atomic E-state index is 9.37. The molecule has 1 aliphatic carbocycles. The van der Waals surface area contributed by atoms with Crippen molar-refractivity contribution in [1.82, 2.24) is 0 Å². The summed E-state index contributed by atoms with van der Waals surface area (Å²) in [5.74, 6) is 0. The fourth-order valence-electron chi connectivity index (χ4n) is 8.37. The molecule has 0 saturated carbocycles. The topological polar surface area (TPSA) is 42.2 Å². The van der Waals surface area contributed by atoms with Gasteiger partial charge in [-0.2, -0.15) is 5.26 Å². The lowest BCUT2D eigenvalue weighted by Gasteiger charge is -2.34. The van der Waals surface area contributed by atoms with E-state index in [4.69, 9.17) is 9.31 Å². The summed E-state index contributed by atoms with van der Waals surface area (Å²) in [5, 5.41) is 11.7. The number of nitrogens with zero attached hydrogens (tertiary/aromatic N) is 1. The molecule has 7 aromatic carbocycles. The van der Waals surface area contributed by atoms with Crippen LogP contribution in [-0.4, -0.2) is 18.3 Å². The van der Waals surface area contributed by atoms with Crippen LogP contribution in [-0.2, 0) is 14.7 Å². The van der Waals surface area contributed by atoms with Crippen LogP contribution in [0.2, 0.25) is 0 Å². The van der Waals surface area contributed by atoms with Crippen LogP contribution in [0, 0.1) is 11.3 Å². The van der Waals surface area contributed by atoms with Crippen molar-refractivity contribution in [3.63, 3.8) is 0 Å². The van der Waals surface area contributed by atoms with Gasteiger partial charge in [-0.3, -0.25) is 0 Å². The average molecular weight is 672 g/mol. The molecular formula is C48H38BNO2. The van der Waals surface area contributed by atoms with Gasteiger partial charge in [0.1, 0.15) is 0 Å². The Labute approximate surface area is 306 Å². The van der Waals surface area contributed by atoms with Crippen LogP contribution >= 0.6 is 0 Å². The number of fused-ring (bicyclic) bond motifs is 4.